The molecular weight excluding hydrogens is 186 g/mol. The quantitative estimate of drug-likeness (QED) is 0.387. The van der Waals surface area contributed by atoms with Gasteiger partial charge in [-0.1, -0.05) is 12.7 Å². The zero-order valence-electron chi connectivity index (χ0n) is 10.0. The maximum absolute atomic E-state index is 4.32. The van der Waals surface area contributed by atoms with Crippen molar-refractivity contribution < 1.29 is 0 Å². The molecule has 0 aromatic rings. The first-order chi connectivity index (χ1) is 7.17. The molecule has 3 nitrogen and oxygen atoms in total. The maximum atomic E-state index is 4.32. The monoisotopic (exact) mass is 207 g/mol. The molecule has 84 valence electrons. The van der Waals surface area contributed by atoms with Crippen molar-refractivity contribution in [1.82, 2.24) is 9.80 Å². The van der Waals surface area contributed by atoms with Gasteiger partial charge >= 0.3 is 0 Å². The SMILES string of the molecule is C=C/C(C)=C\C(=NC)N1CCN(C)CC1. The van der Waals surface area contributed by atoms with E-state index in [-0.39, 0.29) is 0 Å². The third kappa shape index (κ3) is 3.51. The van der Waals surface area contributed by atoms with Crippen molar-refractivity contribution in [2.75, 3.05) is 40.3 Å². The van der Waals surface area contributed by atoms with E-state index >= 15 is 0 Å². The van der Waals surface area contributed by atoms with Crippen LogP contribution in [0.4, 0.5) is 0 Å². The van der Waals surface area contributed by atoms with E-state index in [2.05, 4.69) is 34.5 Å². The Bertz CT molecular complexity index is 271. The lowest BCUT2D eigenvalue weighted by Crippen LogP contribution is -2.46. The molecular formula is C12H21N3. The molecule has 0 N–H and O–H groups in total. The van der Waals surface area contributed by atoms with Crippen molar-refractivity contribution in [3.63, 3.8) is 0 Å². The average molecular weight is 207 g/mol. The lowest BCUT2D eigenvalue weighted by atomic mass is 10.2. The predicted molar refractivity (Wildman–Crippen MR) is 66.4 cm³/mol. The highest BCUT2D eigenvalue weighted by molar-refractivity contribution is 5.93. The van der Waals surface area contributed by atoms with Crippen LogP contribution in [-0.2, 0) is 0 Å². The van der Waals surface area contributed by atoms with Gasteiger partial charge in [0.25, 0.3) is 0 Å². The Balaban J connectivity index is 2.64. The fourth-order valence-electron chi connectivity index (χ4n) is 1.60. The van der Waals surface area contributed by atoms with Crippen molar-refractivity contribution in [2.45, 2.75) is 6.92 Å². The van der Waals surface area contributed by atoms with E-state index in [0.717, 1.165) is 37.6 Å². The Morgan fingerprint density at radius 1 is 1.27 bits per heavy atom. The molecule has 0 unspecified atom stereocenters. The molecule has 0 bridgehead atoms. The Morgan fingerprint density at radius 3 is 2.33 bits per heavy atom. The lowest BCUT2D eigenvalue weighted by Gasteiger charge is -2.33. The van der Waals surface area contributed by atoms with Crippen molar-refractivity contribution in [3.8, 4) is 0 Å². The van der Waals surface area contributed by atoms with Crippen LogP contribution in [0.5, 0.6) is 0 Å². The highest BCUT2D eigenvalue weighted by Gasteiger charge is 2.15. The molecule has 0 aromatic heterocycles. The zero-order valence-corrected chi connectivity index (χ0v) is 10.0. The minimum absolute atomic E-state index is 1.06. The topological polar surface area (TPSA) is 18.8 Å². The molecule has 0 saturated carbocycles. The highest BCUT2D eigenvalue weighted by Crippen LogP contribution is 2.04. The number of allylic oxidation sites excluding steroid dienone is 2. The Labute approximate surface area is 92.8 Å². The molecule has 0 aliphatic carbocycles. The van der Waals surface area contributed by atoms with Crippen LogP contribution in [0.3, 0.4) is 0 Å². The van der Waals surface area contributed by atoms with Crippen molar-refractivity contribution in [2.24, 2.45) is 4.99 Å². The summed E-state index contributed by atoms with van der Waals surface area (Å²) in [5.74, 6) is 1.07. The molecule has 3 heteroatoms. The van der Waals surface area contributed by atoms with Gasteiger partial charge in [-0.2, -0.15) is 0 Å². The second kappa shape index (κ2) is 5.71. The minimum Gasteiger partial charge on any atom is -0.354 e. The lowest BCUT2D eigenvalue weighted by molar-refractivity contribution is 0.216. The molecule has 0 radical (unpaired) electrons. The van der Waals surface area contributed by atoms with Gasteiger partial charge in [0.1, 0.15) is 5.84 Å². The fourth-order valence-corrected chi connectivity index (χ4v) is 1.60. The Morgan fingerprint density at radius 2 is 1.87 bits per heavy atom. The van der Waals surface area contributed by atoms with Gasteiger partial charge in [-0.25, -0.2) is 0 Å². The van der Waals surface area contributed by atoms with Gasteiger partial charge in [0.15, 0.2) is 0 Å². The average Bonchev–Trinajstić information content (AvgIpc) is 2.27. The zero-order chi connectivity index (χ0) is 11.3. The predicted octanol–water partition coefficient (Wildman–Crippen LogP) is 1.39. The summed E-state index contributed by atoms with van der Waals surface area (Å²) in [4.78, 5) is 8.99. The normalized spacial score (nSPS) is 20.6. The van der Waals surface area contributed by atoms with Crippen LogP contribution < -0.4 is 0 Å². The van der Waals surface area contributed by atoms with Crippen LogP contribution in [0.1, 0.15) is 6.92 Å². The summed E-state index contributed by atoms with van der Waals surface area (Å²) in [7, 11) is 4.01. The van der Waals surface area contributed by atoms with Crippen LogP contribution in [0.2, 0.25) is 0 Å². The fraction of sp³-hybridized carbons (Fsp3) is 0.583. The van der Waals surface area contributed by atoms with Gasteiger partial charge in [-0.05, 0) is 25.6 Å². The number of nitrogens with zero attached hydrogens (tertiary/aromatic N) is 3. The molecule has 15 heavy (non-hydrogen) atoms. The summed E-state index contributed by atoms with van der Waals surface area (Å²) in [5.41, 5.74) is 1.16. The van der Waals surface area contributed by atoms with E-state index in [4.69, 9.17) is 0 Å². The molecule has 0 spiro atoms. The maximum Gasteiger partial charge on any atom is 0.123 e. The van der Waals surface area contributed by atoms with Gasteiger partial charge in [0.2, 0.25) is 0 Å². The number of piperazine rings is 1. The molecule has 1 fully saturated rings. The van der Waals surface area contributed by atoms with E-state index in [1.54, 1.807) is 0 Å². The van der Waals surface area contributed by atoms with Crippen LogP contribution >= 0.6 is 0 Å². The Hall–Kier alpha value is -1.09. The number of amidine groups is 1. The number of hydrogen-bond donors (Lipinski definition) is 0. The molecule has 1 aliphatic rings. The second-order valence-electron chi connectivity index (χ2n) is 3.96. The van der Waals surface area contributed by atoms with Gasteiger partial charge in [0.05, 0.1) is 0 Å². The molecule has 0 aromatic carbocycles. The minimum atomic E-state index is 1.06. The van der Waals surface area contributed by atoms with Crippen LogP contribution in [0.25, 0.3) is 0 Å². The third-order valence-corrected chi connectivity index (χ3v) is 2.74. The van der Waals surface area contributed by atoms with Crippen LogP contribution in [0, 0.1) is 0 Å². The summed E-state index contributed by atoms with van der Waals surface area (Å²) < 4.78 is 0. The van der Waals surface area contributed by atoms with E-state index < -0.39 is 0 Å². The first kappa shape index (κ1) is 12.0. The largest absolute Gasteiger partial charge is 0.354 e. The molecule has 0 atom stereocenters. The molecule has 1 heterocycles. The number of hydrogen-bond acceptors (Lipinski definition) is 2. The molecule has 0 amide bonds. The highest BCUT2D eigenvalue weighted by atomic mass is 15.3. The summed E-state index contributed by atoms with van der Waals surface area (Å²) in [5, 5.41) is 0. The van der Waals surface area contributed by atoms with Crippen molar-refractivity contribution in [3.05, 3.63) is 24.3 Å². The van der Waals surface area contributed by atoms with E-state index in [1.165, 1.54) is 0 Å². The van der Waals surface area contributed by atoms with Crippen LogP contribution in [0.15, 0.2) is 29.3 Å². The first-order valence-corrected chi connectivity index (χ1v) is 5.38. The van der Waals surface area contributed by atoms with Gasteiger partial charge in [-0.15, -0.1) is 0 Å². The number of likely N-dealkylation sites (N-methyl/N-ethyl adjacent to an activating group) is 1. The standard InChI is InChI=1S/C12H21N3/c1-5-11(2)10-12(13-3)15-8-6-14(4)7-9-15/h5,10H,1,6-9H2,2-4H3/b11-10-,13-12?. The molecule has 1 saturated heterocycles. The summed E-state index contributed by atoms with van der Waals surface area (Å²) in [6.07, 6.45) is 3.96. The smallest absolute Gasteiger partial charge is 0.123 e. The van der Waals surface area contributed by atoms with Gasteiger partial charge in [-0.3, -0.25) is 4.99 Å². The van der Waals surface area contributed by atoms with Gasteiger partial charge < -0.3 is 9.80 Å². The van der Waals surface area contributed by atoms with Gasteiger partial charge in [0, 0.05) is 33.2 Å². The summed E-state index contributed by atoms with van der Waals surface area (Å²) in [6, 6.07) is 0. The third-order valence-electron chi connectivity index (χ3n) is 2.74. The number of rotatable bonds is 2. The van der Waals surface area contributed by atoms with E-state index in [0.29, 0.717) is 0 Å². The summed E-state index contributed by atoms with van der Waals surface area (Å²) in [6.45, 7) is 10.1. The van der Waals surface area contributed by atoms with Crippen molar-refractivity contribution in [1.29, 1.82) is 0 Å². The van der Waals surface area contributed by atoms with Crippen molar-refractivity contribution >= 4 is 5.84 Å². The number of aliphatic imine (C=N–C) groups is 1. The first-order valence-electron chi connectivity index (χ1n) is 5.38. The summed E-state index contributed by atoms with van der Waals surface area (Å²) >= 11 is 0. The van der Waals surface area contributed by atoms with Crippen LogP contribution in [-0.4, -0.2) is 55.9 Å². The Kier molecular flexibility index (Phi) is 4.56. The molecule has 1 aliphatic heterocycles. The van der Waals surface area contributed by atoms with E-state index in [1.807, 2.05) is 20.0 Å². The van der Waals surface area contributed by atoms with E-state index in [9.17, 15) is 0 Å². The molecule has 1 rings (SSSR count). The second-order valence-corrected chi connectivity index (χ2v) is 3.96.